The van der Waals surface area contributed by atoms with E-state index in [9.17, 15) is 24.0 Å². The normalized spacial score (nSPS) is 25.0. The molecule has 43 heavy (non-hydrogen) atoms. The van der Waals surface area contributed by atoms with Crippen molar-refractivity contribution in [2.75, 3.05) is 26.7 Å². The molecule has 0 radical (unpaired) electrons. The van der Waals surface area contributed by atoms with Crippen LogP contribution in [0.2, 0.25) is 0 Å². The van der Waals surface area contributed by atoms with Crippen LogP contribution in [0.3, 0.4) is 0 Å². The second-order valence-corrected chi connectivity index (χ2v) is 15.4. The van der Waals surface area contributed by atoms with Gasteiger partial charge in [0, 0.05) is 26.2 Å². The smallest absolute Gasteiger partial charge is 0.406 e. The SMILES string of the molecule is CNC(=O)OC[C@@H](NC(=O)NC(C(=O)N1C[C@H]2[C@@H](C1CNC(CC1CCC1)C(=O)C(N)=O)C2(C)C)C(C)(C)C)C(C)(C)C. The molecule has 1 saturated heterocycles. The van der Waals surface area contributed by atoms with E-state index in [1.54, 1.807) is 0 Å². The zero-order chi connectivity index (χ0) is 32.5. The summed E-state index contributed by atoms with van der Waals surface area (Å²) in [4.78, 5) is 65.5. The first-order valence-corrected chi connectivity index (χ1v) is 15.6. The van der Waals surface area contributed by atoms with E-state index in [1.807, 2.05) is 46.4 Å². The zero-order valence-electron chi connectivity index (χ0n) is 27.5. The number of nitrogens with two attached hydrogens (primary N) is 1. The molecule has 3 unspecified atom stereocenters. The summed E-state index contributed by atoms with van der Waals surface area (Å²) >= 11 is 0. The second kappa shape index (κ2) is 13.0. The van der Waals surface area contributed by atoms with E-state index in [4.69, 9.17) is 10.5 Å². The van der Waals surface area contributed by atoms with Gasteiger partial charge in [-0.05, 0) is 40.4 Å². The molecule has 0 aromatic heterocycles. The van der Waals surface area contributed by atoms with E-state index in [2.05, 4.69) is 35.1 Å². The summed E-state index contributed by atoms with van der Waals surface area (Å²) in [5.41, 5.74) is 4.39. The molecule has 12 nitrogen and oxygen atoms in total. The molecule has 0 aromatic carbocycles. The minimum absolute atomic E-state index is 0.0327. The molecule has 1 heterocycles. The number of carbonyl (C=O) groups is 5. The molecule has 12 heteroatoms. The van der Waals surface area contributed by atoms with E-state index in [-0.39, 0.29) is 29.9 Å². The molecule has 0 spiro atoms. The van der Waals surface area contributed by atoms with Gasteiger partial charge < -0.3 is 36.6 Å². The number of ketones is 1. The maximum Gasteiger partial charge on any atom is 0.406 e. The Kier molecular flexibility index (Phi) is 10.5. The quantitative estimate of drug-likeness (QED) is 0.212. The van der Waals surface area contributed by atoms with Gasteiger partial charge in [-0.15, -0.1) is 0 Å². The predicted molar refractivity (Wildman–Crippen MR) is 163 cm³/mol. The molecule has 2 saturated carbocycles. The molecule has 1 aliphatic heterocycles. The summed E-state index contributed by atoms with van der Waals surface area (Å²) in [6.07, 6.45) is 3.15. The summed E-state index contributed by atoms with van der Waals surface area (Å²) in [6, 6.07) is -2.74. The average molecular weight is 607 g/mol. The molecule has 3 aliphatic rings. The van der Waals surface area contributed by atoms with Crippen molar-refractivity contribution in [3.05, 3.63) is 0 Å². The standard InChI is InChI=1S/C31H54N6O6/c1-29(2,3)21(16-43-28(42)33-9)35-27(41)36-24(30(4,5)6)26(40)37-15-18-22(31(18,7)8)20(37)14-34-19(23(38)25(32)39)13-17-11-10-12-17/h17-22,24,34H,10-16H2,1-9H3,(H2,32,39)(H,33,42)(H2,35,36,41)/t18-,19?,20?,21+,22-,24?/m0/s1. The number of hydrogen-bond acceptors (Lipinski definition) is 7. The van der Waals surface area contributed by atoms with Gasteiger partial charge in [-0.2, -0.15) is 0 Å². The van der Waals surface area contributed by atoms with Crippen molar-refractivity contribution in [1.82, 2.24) is 26.2 Å². The van der Waals surface area contributed by atoms with E-state index < -0.39 is 52.8 Å². The number of urea groups is 1. The third-order valence-corrected chi connectivity index (χ3v) is 9.88. The highest BCUT2D eigenvalue weighted by atomic mass is 16.5. The van der Waals surface area contributed by atoms with Gasteiger partial charge in [0.05, 0.1) is 12.1 Å². The van der Waals surface area contributed by atoms with Crippen LogP contribution in [0.1, 0.15) is 81.1 Å². The summed E-state index contributed by atoms with van der Waals surface area (Å²) in [5.74, 6) is -0.825. The molecule has 244 valence electrons. The summed E-state index contributed by atoms with van der Waals surface area (Å²) in [5, 5.41) is 11.5. The first-order valence-electron chi connectivity index (χ1n) is 15.6. The Morgan fingerprint density at radius 3 is 2.12 bits per heavy atom. The number of nitrogens with one attached hydrogen (secondary N) is 4. The van der Waals surface area contributed by atoms with Crippen LogP contribution in [0, 0.1) is 34.0 Å². The first-order chi connectivity index (χ1) is 19.8. The number of rotatable bonds is 12. The number of likely N-dealkylation sites (tertiary alicyclic amines) is 1. The van der Waals surface area contributed by atoms with Crippen LogP contribution in [0.5, 0.6) is 0 Å². The maximum atomic E-state index is 14.2. The number of nitrogens with zero attached hydrogens (tertiary/aromatic N) is 1. The molecule has 2 aliphatic carbocycles. The largest absolute Gasteiger partial charge is 0.447 e. The van der Waals surface area contributed by atoms with Crippen LogP contribution in [-0.4, -0.2) is 85.5 Å². The highest BCUT2D eigenvalue weighted by Crippen LogP contribution is 2.64. The molecule has 6 atom stereocenters. The summed E-state index contributed by atoms with van der Waals surface area (Å²) in [6.45, 7) is 16.8. The number of carbonyl (C=O) groups excluding carboxylic acids is 5. The Hall–Kier alpha value is -2.89. The lowest BCUT2D eigenvalue weighted by atomic mass is 9.80. The summed E-state index contributed by atoms with van der Waals surface area (Å²) in [7, 11) is 1.46. The number of alkyl carbamates (subject to hydrolysis) is 1. The van der Waals surface area contributed by atoms with Crippen molar-refractivity contribution in [2.24, 2.45) is 39.7 Å². The van der Waals surface area contributed by atoms with E-state index in [0.29, 0.717) is 31.3 Å². The van der Waals surface area contributed by atoms with E-state index >= 15 is 0 Å². The van der Waals surface area contributed by atoms with Gasteiger partial charge in [-0.1, -0.05) is 74.7 Å². The Balaban J connectivity index is 1.75. The highest BCUT2D eigenvalue weighted by molar-refractivity contribution is 6.37. The van der Waals surface area contributed by atoms with E-state index in [0.717, 1.165) is 19.3 Å². The van der Waals surface area contributed by atoms with Crippen molar-refractivity contribution in [3.8, 4) is 0 Å². The molecule has 6 N–H and O–H groups in total. The van der Waals surface area contributed by atoms with E-state index in [1.165, 1.54) is 7.05 Å². The van der Waals surface area contributed by atoms with Gasteiger partial charge in [0.15, 0.2) is 0 Å². The monoisotopic (exact) mass is 606 g/mol. The fourth-order valence-electron chi connectivity index (χ4n) is 6.60. The van der Waals surface area contributed by atoms with Gasteiger partial charge >= 0.3 is 12.1 Å². The van der Waals surface area contributed by atoms with Crippen molar-refractivity contribution < 1.29 is 28.7 Å². The van der Waals surface area contributed by atoms with Gasteiger partial charge in [0.2, 0.25) is 11.7 Å². The van der Waals surface area contributed by atoms with Crippen molar-refractivity contribution in [3.63, 3.8) is 0 Å². The van der Waals surface area contributed by atoms with Crippen LogP contribution in [-0.2, 0) is 19.1 Å². The summed E-state index contributed by atoms with van der Waals surface area (Å²) < 4.78 is 5.22. The van der Waals surface area contributed by atoms with Crippen LogP contribution in [0.15, 0.2) is 0 Å². The highest BCUT2D eigenvalue weighted by Gasteiger charge is 2.67. The Labute approximate surface area is 256 Å². The second-order valence-electron chi connectivity index (χ2n) is 15.4. The fourth-order valence-corrected chi connectivity index (χ4v) is 6.60. The fraction of sp³-hybridized carbons (Fsp3) is 0.839. The Morgan fingerprint density at radius 1 is 1.00 bits per heavy atom. The van der Waals surface area contributed by atoms with Gasteiger partial charge in [0.25, 0.3) is 5.91 Å². The van der Waals surface area contributed by atoms with Crippen LogP contribution in [0.25, 0.3) is 0 Å². The van der Waals surface area contributed by atoms with Gasteiger partial charge in [-0.25, -0.2) is 9.59 Å². The van der Waals surface area contributed by atoms with Crippen molar-refractivity contribution in [1.29, 1.82) is 0 Å². The third-order valence-electron chi connectivity index (χ3n) is 9.88. The molecule has 0 aromatic rings. The Bertz CT molecular complexity index is 1080. The number of hydrogen-bond donors (Lipinski definition) is 5. The zero-order valence-corrected chi connectivity index (χ0v) is 27.5. The number of fused-ring (bicyclic) bond motifs is 1. The van der Waals surface area contributed by atoms with Crippen LogP contribution >= 0.6 is 0 Å². The molecule has 3 rings (SSSR count). The molecular weight excluding hydrogens is 552 g/mol. The molecule has 0 bridgehead atoms. The lowest BCUT2D eigenvalue weighted by Crippen LogP contribution is -2.61. The lowest BCUT2D eigenvalue weighted by molar-refractivity contribution is -0.138. The Morgan fingerprint density at radius 2 is 1.63 bits per heavy atom. The average Bonchev–Trinajstić information content (AvgIpc) is 3.18. The number of ether oxygens (including phenoxy) is 1. The van der Waals surface area contributed by atoms with Crippen LogP contribution in [0.4, 0.5) is 9.59 Å². The van der Waals surface area contributed by atoms with Gasteiger partial charge in [0.1, 0.15) is 12.6 Å². The number of primary amides is 1. The van der Waals surface area contributed by atoms with Crippen LogP contribution < -0.4 is 27.0 Å². The lowest BCUT2D eigenvalue weighted by Gasteiger charge is -2.39. The molecule has 5 amide bonds. The third kappa shape index (κ3) is 8.19. The predicted octanol–water partition coefficient (Wildman–Crippen LogP) is 2.16. The molecular formula is C31H54N6O6. The minimum atomic E-state index is -0.946. The van der Waals surface area contributed by atoms with Crippen molar-refractivity contribution >= 4 is 29.7 Å². The number of piperidine rings is 1. The maximum absolute atomic E-state index is 14.2. The number of Topliss-reactive ketones (excluding diaryl/α,β-unsaturated/α-hetero) is 1. The minimum Gasteiger partial charge on any atom is -0.447 e. The van der Waals surface area contributed by atoms with Crippen molar-refractivity contribution in [2.45, 2.75) is 105 Å². The van der Waals surface area contributed by atoms with Gasteiger partial charge in [-0.3, -0.25) is 14.4 Å². The molecule has 3 fully saturated rings. The number of amides is 5. The topological polar surface area (TPSA) is 172 Å². The first kappa shape index (κ1) is 34.6.